The lowest BCUT2D eigenvalue weighted by molar-refractivity contribution is 0.105. The third-order valence-corrected chi connectivity index (χ3v) is 4.88. The Bertz CT molecular complexity index is 279. The van der Waals surface area contributed by atoms with Gasteiger partial charge in [-0.15, -0.1) is 0 Å². The minimum Gasteiger partial charge on any atom is -0.393 e. The average Bonchev–Trinajstić information content (AvgIpc) is 2.75. The van der Waals surface area contributed by atoms with Crippen molar-refractivity contribution in [3.63, 3.8) is 0 Å². The Kier molecular flexibility index (Phi) is 2.36. The molecule has 0 aromatic rings. The van der Waals surface area contributed by atoms with Crippen LogP contribution in [0.5, 0.6) is 0 Å². The molecule has 0 amide bonds. The van der Waals surface area contributed by atoms with Gasteiger partial charge in [0.1, 0.15) is 0 Å². The van der Waals surface area contributed by atoms with Crippen molar-refractivity contribution >= 4 is 9.84 Å². The van der Waals surface area contributed by atoms with E-state index in [-0.39, 0.29) is 23.5 Å². The van der Waals surface area contributed by atoms with Gasteiger partial charge in [0.25, 0.3) is 0 Å². The Morgan fingerprint density at radius 1 is 1.31 bits per heavy atom. The molecule has 2 aliphatic rings. The molecule has 1 saturated heterocycles. The van der Waals surface area contributed by atoms with Crippen molar-refractivity contribution in [1.29, 1.82) is 0 Å². The highest BCUT2D eigenvalue weighted by Crippen LogP contribution is 2.36. The van der Waals surface area contributed by atoms with E-state index in [1.54, 1.807) is 0 Å². The molecule has 0 aromatic carbocycles. The van der Waals surface area contributed by atoms with Crippen LogP contribution in [0, 0.1) is 11.8 Å². The van der Waals surface area contributed by atoms with E-state index in [1.807, 2.05) is 0 Å². The van der Waals surface area contributed by atoms with Crippen molar-refractivity contribution in [2.45, 2.75) is 31.8 Å². The minimum absolute atomic E-state index is 0.0191. The predicted octanol–water partition coefficient (Wildman–Crippen LogP) is 0.582. The fourth-order valence-electron chi connectivity index (χ4n) is 2.01. The zero-order valence-electron chi connectivity index (χ0n) is 7.65. The van der Waals surface area contributed by atoms with E-state index in [9.17, 15) is 13.5 Å². The quantitative estimate of drug-likeness (QED) is 0.731. The monoisotopic (exact) mass is 204 g/mol. The Labute approximate surface area is 79.1 Å². The summed E-state index contributed by atoms with van der Waals surface area (Å²) in [6.07, 6.45) is 3.55. The van der Waals surface area contributed by atoms with Crippen LogP contribution in [0.2, 0.25) is 0 Å². The highest BCUT2D eigenvalue weighted by atomic mass is 32.2. The van der Waals surface area contributed by atoms with Gasteiger partial charge in [0.05, 0.1) is 17.6 Å². The van der Waals surface area contributed by atoms with E-state index in [0.29, 0.717) is 12.3 Å². The summed E-state index contributed by atoms with van der Waals surface area (Å²) < 4.78 is 22.3. The summed E-state index contributed by atoms with van der Waals surface area (Å²) in [5.74, 6) is 1.18. The number of rotatable bonds is 3. The number of hydrogen-bond donors (Lipinski definition) is 1. The van der Waals surface area contributed by atoms with Crippen LogP contribution in [0.25, 0.3) is 0 Å². The van der Waals surface area contributed by atoms with Crippen molar-refractivity contribution in [3.05, 3.63) is 0 Å². The van der Waals surface area contributed by atoms with Crippen molar-refractivity contribution < 1.29 is 13.5 Å². The molecule has 13 heavy (non-hydrogen) atoms. The number of aliphatic hydroxyl groups excluding tert-OH is 1. The summed E-state index contributed by atoms with van der Waals surface area (Å²) in [6, 6.07) is 0. The predicted molar refractivity (Wildman–Crippen MR) is 50.1 cm³/mol. The van der Waals surface area contributed by atoms with Crippen LogP contribution in [0.15, 0.2) is 0 Å². The molecule has 4 heteroatoms. The molecule has 76 valence electrons. The molecule has 0 spiro atoms. The zero-order valence-corrected chi connectivity index (χ0v) is 8.46. The second kappa shape index (κ2) is 3.24. The number of hydrogen-bond acceptors (Lipinski definition) is 3. The van der Waals surface area contributed by atoms with Crippen molar-refractivity contribution in [3.8, 4) is 0 Å². The van der Waals surface area contributed by atoms with Crippen LogP contribution in [0.1, 0.15) is 25.7 Å². The van der Waals surface area contributed by atoms with Gasteiger partial charge in [-0.25, -0.2) is 8.42 Å². The van der Waals surface area contributed by atoms with Crippen LogP contribution in [0.3, 0.4) is 0 Å². The lowest BCUT2D eigenvalue weighted by atomic mass is 9.97. The highest BCUT2D eigenvalue weighted by Gasteiger charge is 2.35. The average molecular weight is 204 g/mol. The van der Waals surface area contributed by atoms with E-state index >= 15 is 0 Å². The lowest BCUT2D eigenvalue weighted by Gasteiger charge is -2.15. The van der Waals surface area contributed by atoms with Gasteiger partial charge in [-0.2, -0.15) is 0 Å². The Balaban J connectivity index is 1.87. The Morgan fingerprint density at radius 3 is 2.46 bits per heavy atom. The van der Waals surface area contributed by atoms with Gasteiger partial charge in [-0.05, 0) is 24.7 Å². The molecule has 1 N–H and O–H groups in total. The molecule has 2 rings (SSSR count). The maximum absolute atomic E-state index is 11.1. The van der Waals surface area contributed by atoms with Gasteiger partial charge < -0.3 is 5.11 Å². The van der Waals surface area contributed by atoms with Crippen molar-refractivity contribution in [2.24, 2.45) is 11.8 Å². The van der Waals surface area contributed by atoms with E-state index in [2.05, 4.69) is 0 Å². The van der Waals surface area contributed by atoms with Gasteiger partial charge in [-0.3, -0.25) is 0 Å². The third kappa shape index (κ3) is 2.44. The van der Waals surface area contributed by atoms with Gasteiger partial charge in [0, 0.05) is 0 Å². The molecule has 1 heterocycles. The first-order chi connectivity index (χ1) is 6.07. The number of aliphatic hydroxyl groups is 1. The SMILES string of the molecule is O=S1(=O)CCC(C(O)CC2CC2)C1. The molecule has 0 radical (unpaired) electrons. The third-order valence-electron chi connectivity index (χ3n) is 3.08. The molecule has 2 fully saturated rings. The van der Waals surface area contributed by atoms with E-state index < -0.39 is 9.84 Å². The van der Waals surface area contributed by atoms with Crippen molar-refractivity contribution in [2.75, 3.05) is 11.5 Å². The van der Waals surface area contributed by atoms with Crippen LogP contribution in [0.4, 0.5) is 0 Å². The minimum atomic E-state index is -2.82. The van der Waals surface area contributed by atoms with Crippen LogP contribution < -0.4 is 0 Å². The Hall–Kier alpha value is -0.0900. The van der Waals surface area contributed by atoms with Crippen molar-refractivity contribution in [1.82, 2.24) is 0 Å². The molecule has 1 aliphatic heterocycles. The van der Waals surface area contributed by atoms with Crippen LogP contribution in [-0.2, 0) is 9.84 Å². The molecule has 1 saturated carbocycles. The summed E-state index contributed by atoms with van der Waals surface area (Å²) >= 11 is 0. The summed E-state index contributed by atoms with van der Waals surface area (Å²) in [6.45, 7) is 0. The summed E-state index contributed by atoms with van der Waals surface area (Å²) in [4.78, 5) is 0. The van der Waals surface area contributed by atoms with Gasteiger partial charge in [-0.1, -0.05) is 12.8 Å². The molecule has 0 bridgehead atoms. The highest BCUT2D eigenvalue weighted by molar-refractivity contribution is 7.91. The maximum Gasteiger partial charge on any atom is 0.150 e. The number of sulfone groups is 1. The van der Waals surface area contributed by atoms with Crippen LogP contribution in [-0.4, -0.2) is 31.1 Å². The Morgan fingerprint density at radius 2 is 2.00 bits per heavy atom. The fraction of sp³-hybridized carbons (Fsp3) is 1.00. The maximum atomic E-state index is 11.1. The molecule has 3 nitrogen and oxygen atoms in total. The molecule has 2 atom stereocenters. The lowest BCUT2D eigenvalue weighted by Crippen LogP contribution is -2.22. The van der Waals surface area contributed by atoms with E-state index in [1.165, 1.54) is 12.8 Å². The molecular weight excluding hydrogens is 188 g/mol. The van der Waals surface area contributed by atoms with Crippen LogP contribution >= 0.6 is 0 Å². The zero-order chi connectivity index (χ0) is 9.47. The first-order valence-electron chi connectivity index (χ1n) is 4.95. The van der Waals surface area contributed by atoms with Gasteiger partial charge in [0.2, 0.25) is 0 Å². The molecular formula is C9H16O3S. The normalized spacial score (nSPS) is 34.7. The second-order valence-electron chi connectivity index (χ2n) is 4.41. The molecule has 0 aromatic heterocycles. The summed E-state index contributed by atoms with van der Waals surface area (Å²) in [5.41, 5.74) is 0. The fourth-order valence-corrected chi connectivity index (χ4v) is 3.88. The smallest absolute Gasteiger partial charge is 0.150 e. The standard InChI is InChI=1S/C9H16O3S/c10-9(5-7-1-2-7)8-3-4-13(11,12)6-8/h7-10H,1-6H2. The van der Waals surface area contributed by atoms with E-state index in [0.717, 1.165) is 6.42 Å². The summed E-state index contributed by atoms with van der Waals surface area (Å²) in [5, 5.41) is 9.73. The van der Waals surface area contributed by atoms with Gasteiger partial charge >= 0.3 is 0 Å². The largest absolute Gasteiger partial charge is 0.393 e. The van der Waals surface area contributed by atoms with E-state index in [4.69, 9.17) is 0 Å². The topological polar surface area (TPSA) is 54.4 Å². The molecule has 1 aliphatic carbocycles. The second-order valence-corrected chi connectivity index (χ2v) is 6.64. The molecule has 2 unspecified atom stereocenters. The first-order valence-corrected chi connectivity index (χ1v) is 6.77. The van der Waals surface area contributed by atoms with Gasteiger partial charge in [0.15, 0.2) is 9.84 Å². The summed E-state index contributed by atoms with van der Waals surface area (Å²) in [7, 11) is -2.82. The first kappa shape index (κ1) is 9.46.